The minimum absolute atomic E-state index is 0.165. The molecule has 30 heavy (non-hydrogen) atoms. The fourth-order valence-corrected chi connectivity index (χ4v) is 6.13. The fourth-order valence-electron chi connectivity index (χ4n) is 4.45. The molecule has 0 bridgehead atoms. The van der Waals surface area contributed by atoms with Crippen molar-refractivity contribution in [1.29, 1.82) is 0 Å². The molecule has 156 valence electrons. The van der Waals surface area contributed by atoms with E-state index in [1.165, 1.54) is 11.9 Å². The van der Waals surface area contributed by atoms with Gasteiger partial charge in [-0.15, -0.1) is 0 Å². The summed E-state index contributed by atoms with van der Waals surface area (Å²) >= 11 is 0.999. The van der Waals surface area contributed by atoms with Crippen LogP contribution in [0, 0.1) is 0 Å². The second-order valence-electron chi connectivity index (χ2n) is 7.51. The van der Waals surface area contributed by atoms with E-state index in [-0.39, 0.29) is 16.1 Å². The van der Waals surface area contributed by atoms with Crippen LogP contribution in [0.4, 0.5) is 5.13 Å². The predicted octanol–water partition coefficient (Wildman–Crippen LogP) is 4.00. The van der Waals surface area contributed by atoms with E-state index in [9.17, 15) is 8.42 Å². The van der Waals surface area contributed by atoms with Crippen molar-refractivity contribution >= 4 is 26.7 Å². The maximum absolute atomic E-state index is 12.7. The van der Waals surface area contributed by atoms with Crippen molar-refractivity contribution in [2.24, 2.45) is 0 Å². The molecule has 0 amide bonds. The quantitative estimate of drug-likeness (QED) is 0.643. The molecule has 1 N–H and O–H groups in total. The lowest BCUT2D eigenvalue weighted by Gasteiger charge is -2.37. The summed E-state index contributed by atoms with van der Waals surface area (Å²) in [7, 11) is -3.74. The topological polar surface area (TPSA) is 84.4 Å². The van der Waals surface area contributed by atoms with Crippen LogP contribution in [0.5, 0.6) is 5.75 Å². The molecule has 0 radical (unpaired) electrons. The van der Waals surface area contributed by atoms with Crippen LogP contribution in [-0.4, -0.2) is 35.8 Å². The Morgan fingerprint density at radius 2 is 1.97 bits per heavy atom. The summed E-state index contributed by atoms with van der Waals surface area (Å²) < 4.78 is 37.6. The second-order valence-corrected chi connectivity index (χ2v) is 9.97. The Morgan fingerprint density at radius 3 is 2.77 bits per heavy atom. The van der Waals surface area contributed by atoms with Gasteiger partial charge in [0.25, 0.3) is 10.0 Å². The van der Waals surface area contributed by atoms with E-state index in [1.54, 1.807) is 12.1 Å². The molecule has 0 saturated carbocycles. The van der Waals surface area contributed by atoms with Crippen LogP contribution < -0.4 is 9.46 Å². The highest BCUT2D eigenvalue weighted by molar-refractivity contribution is 7.93. The summed E-state index contributed by atoms with van der Waals surface area (Å²) in [5.74, 6) is 0.644. The molecule has 0 aliphatic carbocycles. The largest absolute Gasteiger partial charge is 0.493 e. The van der Waals surface area contributed by atoms with Gasteiger partial charge in [0.15, 0.2) is 0 Å². The second kappa shape index (κ2) is 7.98. The molecule has 2 unspecified atom stereocenters. The molecule has 0 spiro atoms. The molecule has 3 heterocycles. The normalized spacial score (nSPS) is 21.7. The van der Waals surface area contributed by atoms with Crippen LogP contribution in [0.15, 0.2) is 59.8 Å². The monoisotopic (exact) mass is 442 g/mol. The van der Waals surface area contributed by atoms with Crippen molar-refractivity contribution < 1.29 is 13.2 Å². The van der Waals surface area contributed by atoms with Crippen molar-refractivity contribution in [1.82, 2.24) is 14.3 Å². The number of anilines is 1. The molecule has 3 aromatic rings. The number of nitrogens with one attached hydrogen (secondary N) is 1. The standard InChI is InChI=1S/C21H22N4O3S2/c26-30(27,24-21-22-14-23-29-21)16-8-9-17-19(10-12-28-20(17)13-16)25-11-4-7-18(25)15-5-2-1-3-6-15/h1-3,5-6,8-9,13-14,18-19H,4,7,10-12H2,(H,22,23,24). The zero-order valence-corrected chi connectivity index (χ0v) is 17.9. The van der Waals surface area contributed by atoms with Crippen LogP contribution in [0.1, 0.15) is 42.5 Å². The van der Waals surface area contributed by atoms with E-state index >= 15 is 0 Å². The van der Waals surface area contributed by atoms with Gasteiger partial charge in [0.1, 0.15) is 12.1 Å². The summed E-state index contributed by atoms with van der Waals surface area (Å²) in [5.41, 5.74) is 2.39. The summed E-state index contributed by atoms with van der Waals surface area (Å²) in [5, 5.41) is 0.245. The van der Waals surface area contributed by atoms with Gasteiger partial charge in [-0.2, -0.15) is 4.37 Å². The zero-order chi connectivity index (χ0) is 20.6. The smallest absolute Gasteiger partial charge is 0.263 e. The molecular weight excluding hydrogens is 420 g/mol. The highest BCUT2D eigenvalue weighted by Crippen LogP contribution is 2.44. The third kappa shape index (κ3) is 3.68. The molecule has 2 atom stereocenters. The van der Waals surface area contributed by atoms with E-state index in [2.05, 4.69) is 43.2 Å². The number of sulfonamides is 1. The summed E-state index contributed by atoms with van der Waals surface area (Å²) in [4.78, 5) is 6.61. The molecule has 5 rings (SSSR count). The van der Waals surface area contributed by atoms with Gasteiger partial charge in [-0.25, -0.2) is 13.4 Å². The SMILES string of the molecule is O=S(=O)(Nc1ncns1)c1ccc2c(c1)OCCC2N1CCCC1c1ccccc1. The summed E-state index contributed by atoms with van der Waals surface area (Å²) in [6.07, 6.45) is 4.51. The van der Waals surface area contributed by atoms with E-state index < -0.39 is 10.0 Å². The van der Waals surface area contributed by atoms with E-state index in [0.29, 0.717) is 18.4 Å². The lowest BCUT2D eigenvalue weighted by atomic mass is 9.96. The number of hydrogen-bond donors (Lipinski definition) is 1. The molecule has 7 nitrogen and oxygen atoms in total. The molecule has 2 aliphatic rings. The molecule has 2 aliphatic heterocycles. The van der Waals surface area contributed by atoms with Gasteiger partial charge in [0.2, 0.25) is 5.13 Å². The highest BCUT2D eigenvalue weighted by atomic mass is 32.2. The molecule has 1 aromatic heterocycles. The van der Waals surface area contributed by atoms with Gasteiger partial charge in [-0.3, -0.25) is 9.62 Å². The number of likely N-dealkylation sites (tertiary alicyclic amines) is 1. The van der Waals surface area contributed by atoms with Crippen LogP contribution in [-0.2, 0) is 10.0 Å². The van der Waals surface area contributed by atoms with Gasteiger partial charge in [-0.05, 0) is 31.0 Å². The van der Waals surface area contributed by atoms with E-state index in [1.807, 2.05) is 12.1 Å². The van der Waals surface area contributed by atoms with E-state index in [0.717, 1.165) is 42.9 Å². The number of nitrogens with zero attached hydrogens (tertiary/aromatic N) is 3. The van der Waals surface area contributed by atoms with Crippen LogP contribution in [0.2, 0.25) is 0 Å². The number of fused-ring (bicyclic) bond motifs is 1. The average molecular weight is 443 g/mol. The van der Waals surface area contributed by atoms with Crippen molar-refractivity contribution in [3.05, 3.63) is 66.0 Å². The lowest BCUT2D eigenvalue weighted by Crippen LogP contribution is -2.32. The Morgan fingerprint density at radius 1 is 1.10 bits per heavy atom. The number of benzene rings is 2. The predicted molar refractivity (Wildman–Crippen MR) is 115 cm³/mol. The summed E-state index contributed by atoms with van der Waals surface area (Å²) in [6, 6.07) is 16.4. The number of hydrogen-bond acceptors (Lipinski definition) is 7. The third-order valence-electron chi connectivity index (χ3n) is 5.77. The van der Waals surface area contributed by atoms with Gasteiger partial charge in [-0.1, -0.05) is 36.4 Å². The maximum Gasteiger partial charge on any atom is 0.263 e. The molecular formula is C21H22N4O3S2. The molecule has 2 aromatic carbocycles. The molecule has 9 heteroatoms. The first-order valence-electron chi connectivity index (χ1n) is 9.99. The molecule has 1 saturated heterocycles. The van der Waals surface area contributed by atoms with Gasteiger partial charge in [0.05, 0.1) is 11.5 Å². The maximum atomic E-state index is 12.7. The van der Waals surface area contributed by atoms with Crippen LogP contribution >= 0.6 is 11.5 Å². The first kappa shape index (κ1) is 19.5. The molecule has 1 fully saturated rings. The number of aromatic nitrogens is 2. The van der Waals surface area contributed by atoms with Gasteiger partial charge < -0.3 is 4.74 Å². The Hall–Kier alpha value is -2.49. The first-order valence-corrected chi connectivity index (χ1v) is 12.2. The minimum atomic E-state index is -3.74. The van der Waals surface area contributed by atoms with Gasteiger partial charge in [0, 0.05) is 41.7 Å². The van der Waals surface area contributed by atoms with Crippen molar-refractivity contribution in [2.75, 3.05) is 17.9 Å². The Bertz CT molecular complexity index is 1120. The average Bonchev–Trinajstić information content (AvgIpc) is 3.45. The number of ether oxygens (including phenoxy) is 1. The lowest BCUT2D eigenvalue weighted by molar-refractivity contribution is 0.128. The van der Waals surface area contributed by atoms with Crippen LogP contribution in [0.3, 0.4) is 0 Å². The zero-order valence-electron chi connectivity index (χ0n) is 16.3. The van der Waals surface area contributed by atoms with Crippen molar-refractivity contribution in [3.8, 4) is 5.75 Å². The Kier molecular flexibility index (Phi) is 5.18. The Balaban J connectivity index is 1.44. The van der Waals surface area contributed by atoms with E-state index in [4.69, 9.17) is 4.74 Å². The summed E-state index contributed by atoms with van der Waals surface area (Å²) in [6.45, 7) is 1.60. The van der Waals surface area contributed by atoms with Gasteiger partial charge >= 0.3 is 0 Å². The van der Waals surface area contributed by atoms with Crippen molar-refractivity contribution in [2.45, 2.75) is 36.2 Å². The first-order chi connectivity index (χ1) is 14.6. The third-order valence-corrected chi connectivity index (χ3v) is 7.81. The van der Waals surface area contributed by atoms with Crippen LogP contribution in [0.25, 0.3) is 0 Å². The number of rotatable bonds is 5. The Labute approximate surface area is 179 Å². The fraction of sp³-hybridized carbons (Fsp3) is 0.333. The minimum Gasteiger partial charge on any atom is -0.493 e. The highest BCUT2D eigenvalue weighted by Gasteiger charge is 2.36. The van der Waals surface area contributed by atoms with Crippen molar-refractivity contribution in [3.63, 3.8) is 0 Å².